The number of likely N-dealkylation sites (tertiary alicyclic amines) is 1. The zero-order chi connectivity index (χ0) is 40.1. The van der Waals surface area contributed by atoms with E-state index < -0.39 is 23.4 Å². The number of hydrogen-bond donors (Lipinski definition) is 6. The van der Waals surface area contributed by atoms with E-state index in [1.165, 1.54) is 29.2 Å². The molecule has 0 bridgehead atoms. The first-order valence-electron chi connectivity index (χ1n) is 19.3. The Balaban J connectivity index is 0.000000290. The predicted octanol–water partition coefficient (Wildman–Crippen LogP) is 1.85. The van der Waals surface area contributed by atoms with Gasteiger partial charge in [-0.25, -0.2) is 0 Å². The number of nitrogens with one attached hydrogen (secondary N) is 3. The van der Waals surface area contributed by atoms with Crippen molar-refractivity contribution in [2.75, 3.05) is 64.4 Å². The topological polar surface area (TPSA) is 209 Å². The lowest BCUT2D eigenvalue weighted by atomic mass is 9.85. The Morgan fingerprint density at radius 3 is 2.16 bits per heavy atom. The van der Waals surface area contributed by atoms with Gasteiger partial charge in [-0.1, -0.05) is 74.0 Å². The normalized spacial score (nSPS) is 15.4. The molecule has 3 aromatic carbocycles. The molecule has 0 radical (unpaired) electrons. The van der Waals surface area contributed by atoms with Crippen molar-refractivity contribution in [3.8, 4) is 0 Å². The standard InChI is InChI=1S/C26H27N3O2.C11H23N5O3.C4H11N/c30-18-17-28-20-29(23-10-2-1-3-11-23)26(25(28)31)13-15-27(16-14-26)19-22-9-6-8-21-7-4-5-12-24(21)22;1-14-6-9(17)15-7-10(18)16-8(11(13)19)4-2-3-5-12;1-2-3-4-5/h1-12,18H,13-17,19-20H2;8,14H,2-7,12H2,1H3,(H2,13,19)(H,15,17)(H,16,18);2-5H2,1H3/t;8-;/m.0./s1. The first kappa shape index (κ1) is 44.5. The van der Waals surface area contributed by atoms with Crippen LogP contribution in [-0.4, -0.2) is 111 Å². The number of nitrogens with zero attached hydrogens (tertiary/aromatic N) is 3. The summed E-state index contributed by atoms with van der Waals surface area (Å²) in [5.74, 6) is -1.24. The summed E-state index contributed by atoms with van der Waals surface area (Å²) in [5, 5.41) is 10.1. The second kappa shape index (κ2) is 23.8. The van der Waals surface area contributed by atoms with Gasteiger partial charge in [0.15, 0.2) is 0 Å². The number of benzene rings is 3. The van der Waals surface area contributed by atoms with Gasteiger partial charge in [-0.2, -0.15) is 0 Å². The van der Waals surface area contributed by atoms with Crippen LogP contribution in [0.25, 0.3) is 10.8 Å². The number of nitrogens with two attached hydrogens (primary N) is 3. The summed E-state index contributed by atoms with van der Waals surface area (Å²) in [6, 6.07) is 24.4. The molecule has 0 aromatic heterocycles. The average Bonchev–Trinajstić information content (AvgIpc) is 3.45. The highest BCUT2D eigenvalue weighted by atomic mass is 16.2. The zero-order valence-electron chi connectivity index (χ0n) is 32.5. The minimum Gasteiger partial charge on any atom is -0.368 e. The van der Waals surface area contributed by atoms with Crippen molar-refractivity contribution in [1.82, 2.24) is 25.8 Å². The largest absolute Gasteiger partial charge is 0.368 e. The number of amides is 4. The van der Waals surface area contributed by atoms with Gasteiger partial charge in [0.25, 0.3) is 0 Å². The van der Waals surface area contributed by atoms with Crippen molar-refractivity contribution in [2.45, 2.75) is 70.0 Å². The Hall–Kier alpha value is -4.89. The van der Waals surface area contributed by atoms with E-state index in [-0.39, 0.29) is 31.4 Å². The molecule has 0 aliphatic carbocycles. The molecule has 14 heteroatoms. The van der Waals surface area contributed by atoms with Gasteiger partial charge in [-0.15, -0.1) is 0 Å². The van der Waals surface area contributed by atoms with Crippen molar-refractivity contribution in [3.63, 3.8) is 0 Å². The van der Waals surface area contributed by atoms with Gasteiger partial charge in [0, 0.05) is 25.3 Å². The number of likely N-dealkylation sites (N-methyl/N-ethyl adjacent to an activating group) is 1. The number of rotatable bonds is 17. The number of piperidine rings is 1. The van der Waals surface area contributed by atoms with Gasteiger partial charge in [0.1, 0.15) is 17.9 Å². The van der Waals surface area contributed by atoms with Crippen LogP contribution in [0.2, 0.25) is 0 Å². The van der Waals surface area contributed by atoms with Crippen LogP contribution >= 0.6 is 0 Å². The van der Waals surface area contributed by atoms with Crippen LogP contribution in [0.1, 0.15) is 57.4 Å². The Labute approximate surface area is 325 Å². The SMILES string of the molecule is CCCCN.CNCC(=O)NCC(=O)N[C@@H](CCCCN)C(N)=O.O=CCN1CN(c2ccccc2)C2(CCN(Cc3cccc4ccccc34)CC2)C1=O. The lowest BCUT2D eigenvalue weighted by Crippen LogP contribution is -2.56. The molecular weight excluding hydrogens is 699 g/mol. The smallest absolute Gasteiger partial charge is 0.250 e. The molecular formula is C41H61N9O5. The first-order chi connectivity index (χ1) is 26.6. The molecule has 3 aromatic rings. The summed E-state index contributed by atoms with van der Waals surface area (Å²) in [5.41, 5.74) is 17.5. The Kier molecular flexibility index (Phi) is 19.3. The Morgan fingerprint density at radius 1 is 0.873 bits per heavy atom. The monoisotopic (exact) mass is 759 g/mol. The number of primary amides is 1. The molecule has 1 spiro atoms. The van der Waals surface area contributed by atoms with E-state index in [1.54, 1.807) is 11.9 Å². The van der Waals surface area contributed by atoms with E-state index in [0.29, 0.717) is 26.1 Å². The number of carbonyl (C=O) groups excluding carboxylic acids is 5. The molecule has 9 N–H and O–H groups in total. The summed E-state index contributed by atoms with van der Waals surface area (Å²) in [6.45, 7) is 6.68. The van der Waals surface area contributed by atoms with Gasteiger partial charge >= 0.3 is 0 Å². The maximum absolute atomic E-state index is 13.4. The van der Waals surface area contributed by atoms with E-state index in [1.807, 2.05) is 18.2 Å². The third-order valence-corrected chi connectivity index (χ3v) is 9.80. The number of aldehydes is 1. The summed E-state index contributed by atoms with van der Waals surface area (Å²) in [4.78, 5) is 64.7. The molecule has 55 heavy (non-hydrogen) atoms. The van der Waals surface area contributed by atoms with Crippen LogP contribution in [0.4, 0.5) is 5.69 Å². The van der Waals surface area contributed by atoms with Crippen molar-refractivity contribution < 1.29 is 24.0 Å². The maximum Gasteiger partial charge on any atom is 0.250 e. The minimum absolute atomic E-state index is 0.0910. The molecule has 0 saturated carbocycles. The maximum atomic E-state index is 13.4. The molecule has 2 aliphatic heterocycles. The van der Waals surface area contributed by atoms with Gasteiger partial charge in [0.05, 0.1) is 26.3 Å². The summed E-state index contributed by atoms with van der Waals surface area (Å²) in [6.07, 6.45) is 6.66. The number of unbranched alkanes of at least 4 members (excludes halogenated alkanes) is 2. The zero-order valence-corrected chi connectivity index (χ0v) is 32.5. The van der Waals surface area contributed by atoms with Crippen LogP contribution in [0.5, 0.6) is 0 Å². The van der Waals surface area contributed by atoms with Crippen LogP contribution in [-0.2, 0) is 30.5 Å². The molecule has 5 rings (SSSR count). The van der Waals surface area contributed by atoms with Crippen LogP contribution in [0.15, 0.2) is 72.8 Å². The summed E-state index contributed by atoms with van der Waals surface area (Å²) in [7, 11) is 1.63. The Morgan fingerprint density at radius 2 is 1.55 bits per heavy atom. The first-order valence-corrected chi connectivity index (χ1v) is 19.3. The summed E-state index contributed by atoms with van der Waals surface area (Å²) < 4.78 is 0. The average molecular weight is 760 g/mol. The highest BCUT2D eigenvalue weighted by Crippen LogP contribution is 2.39. The highest BCUT2D eigenvalue weighted by molar-refractivity contribution is 5.95. The van der Waals surface area contributed by atoms with Crippen LogP contribution in [0, 0.1) is 0 Å². The number of fused-ring (bicyclic) bond motifs is 1. The molecule has 0 unspecified atom stereocenters. The van der Waals surface area contributed by atoms with E-state index in [9.17, 15) is 24.0 Å². The minimum atomic E-state index is -0.722. The van der Waals surface area contributed by atoms with E-state index in [4.69, 9.17) is 17.2 Å². The molecule has 4 amide bonds. The van der Waals surface area contributed by atoms with Crippen LogP contribution < -0.4 is 38.1 Å². The third-order valence-electron chi connectivity index (χ3n) is 9.80. The predicted molar refractivity (Wildman–Crippen MR) is 218 cm³/mol. The van der Waals surface area contributed by atoms with Crippen molar-refractivity contribution >= 4 is 46.4 Å². The quantitative estimate of drug-likeness (QED) is 0.0870. The van der Waals surface area contributed by atoms with Crippen molar-refractivity contribution in [3.05, 3.63) is 78.4 Å². The summed E-state index contributed by atoms with van der Waals surface area (Å²) >= 11 is 0. The molecule has 2 heterocycles. The second-order valence-corrected chi connectivity index (χ2v) is 13.8. The van der Waals surface area contributed by atoms with Gasteiger partial charge in [-0.05, 0) is 87.1 Å². The lowest BCUT2D eigenvalue weighted by molar-refractivity contribution is -0.135. The lowest BCUT2D eigenvalue weighted by Gasteiger charge is -2.43. The fourth-order valence-electron chi connectivity index (χ4n) is 6.81. The van der Waals surface area contributed by atoms with Gasteiger partial charge in [-0.3, -0.25) is 24.1 Å². The van der Waals surface area contributed by atoms with Crippen LogP contribution in [0.3, 0.4) is 0 Å². The number of carbonyl (C=O) groups is 5. The third kappa shape index (κ3) is 13.4. The molecule has 2 saturated heterocycles. The molecule has 2 fully saturated rings. The number of para-hydroxylation sites is 1. The Bertz CT molecular complexity index is 1640. The molecule has 300 valence electrons. The molecule has 2 aliphatic rings. The van der Waals surface area contributed by atoms with E-state index in [2.05, 4.69) is 87.3 Å². The van der Waals surface area contributed by atoms with E-state index in [0.717, 1.165) is 57.4 Å². The van der Waals surface area contributed by atoms with Crippen molar-refractivity contribution in [2.24, 2.45) is 17.2 Å². The van der Waals surface area contributed by atoms with Gasteiger partial charge < -0.3 is 47.7 Å². The highest BCUT2D eigenvalue weighted by Gasteiger charge is 2.53. The van der Waals surface area contributed by atoms with Gasteiger partial charge in [0.2, 0.25) is 23.6 Å². The van der Waals surface area contributed by atoms with Crippen molar-refractivity contribution in [1.29, 1.82) is 0 Å². The number of anilines is 1. The molecule has 14 nitrogen and oxygen atoms in total. The number of hydrogen-bond acceptors (Lipinski definition) is 10. The fourth-order valence-corrected chi connectivity index (χ4v) is 6.81. The van der Waals surface area contributed by atoms with E-state index >= 15 is 0 Å². The molecule has 1 atom stereocenters. The fraction of sp³-hybridized carbons (Fsp3) is 0.488. The second-order valence-electron chi connectivity index (χ2n) is 13.8.